The highest BCUT2D eigenvalue weighted by molar-refractivity contribution is 6.36. The fourth-order valence-electron chi connectivity index (χ4n) is 3.47. The van der Waals surface area contributed by atoms with Crippen LogP contribution in [0.5, 0.6) is 0 Å². The normalized spacial score (nSPS) is 16.5. The second kappa shape index (κ2) is 18.1. The summed E-state index contributed by atoms with van der Waals surface area (Å²) in [5.41, 5.74) is 0. The fraction of sp³-hybridized carbons (Fsp3) is 0.875. The molecule has 6 atom stereocenters. The lowest BCUT2D eigenvalue weighted by atomic mass is 10.1. The van der Waals surface area contributed by atoms with E-state index in [4.69, 9.17) is 25.6 Å². The van der Waals surface area contributed by atoms with Gasteiger partial charge in [-0.2, -0.15) is 0 Å². The van der Waals surface area contributed by atoms with Gasteiger partial charge < -0.3 is 25.6 Å². The number of hydrogen-bond donors (Lipinski definition) is 0. The van der Waals surface area contributed by atoms with E-state index < -0.39 is 15.1 Å². The Morgan fingerprint density at radius 3 is 0.971 bits per heavy atom. The summed E-state index contributed by atoms with van der Waals surface area (Å²) in [6, 6.07) is 0. The molecule has 0 radical (unpaired) electrons. The predicted octanol–water partition coefficient (Wildman–Crippen LogP) is 3.95. The number of carbonyl (C=O) groups excluding carboxylic acids is 3. The Bertz CT molecular complexity index is 520. The molecule has 0 aromatic heterocycles. The molecule has 0 heterocycles. The zero-order valence-corrected chi connectivity index (χ0v) is 23.6. The van der Waals surface area contributed by atoms with Crippen molar-refractivity contribution in [1.82, 2.24) is 0 Å². The maximum Gasteiger partial charge on any atom is 0.906 e. The summed E-state index contributed by atoms with van der Waals surface area (Å²) < 4.78 is 33.6. The van der Waals surface area contributed by atoms with Crippen LogP contribution in [0.3, 0.4) is 0 Å². The second-order valence-corrected chi connectivity index (χ2v) is 10.2. The SMILES string of the molecule is CCOC(=O)C(C)CC(C)[O][Al]([O]C(C)CC(C)C(=O)OCC)[O]C(C)CC(C)C(=O)OCC. The highest BCUT2D eigenvalue weighted by atomic mass is 27.3. The van der Waals surface area contributed by atoms with Crippen LogP contribution >= 0.6 is 0 Å². The zero-order chi connectivity index (χ0) is 26.3. The summed E-state index contributed by atoms with van der Waals surface area (Å²) in [7, 11) is 0. The standard InChI is InChI=1S/3C8H15O3.Al/c3*1-4-11-8(10)6(2)5-7(3)9;/h3*6-7H,4-5H2,1-3H3;/q3*-1;+3. The van der Waals surface area contributed by atoms with Gasteiger partial charge in [0.15, 0.2) is 0 Å². The molecule has 0 N–H and O–H groups in total. The Morgan fingerprint density at radius 1 is 0.529 bits per heavy atom. The van der Waals surface area contributed by atoms with E-state index in [2.05, 4.69) is 0 Å². The quantitative estimate of drug-likeness (QED) is 0.156. The van der Waals surface area contributed by atoms with E-state index in [1.54, 1.807) is 41.5 Å². The molecule has 0 aromatic carbocycles. The number of esters is 3. The Kier molecular flexibility index (Phi) is 17.5. The van der Waals surface area contributed by atoms with Crippen LogP contribution in [-0.4, -0.2) is 71.2 Å². The fourth-order valence-corrected chi connectivity index (χ4v) is 5.13. The van der Waals surface area contributed by atoms with Crippen molar-refractivity contribution in [3.05, 3.63) is 0 Å². The topological polar surface area (TPSA) is 107 Å². The molecule has 198 valence electrons. The molecule has 0 bridgehead atoms. The molecule has 0 aliphatic carbocycles. The Morgan fingerprint density at radius 2 is 0.765 bits per heavy atom. The lowest BCUT2D eigenvalue weighted by Crippen LogP contribution is -2.39. The first kappa shape index (κ1) is 32.8. The van der Waals surface area contributed by atoms with Gasteiger partial charge in [-0.25, -0.2) is 0 Å². The Balaban J connectivity index is 5.13. The monoisotopic (exact) mass is 504 g/mol. The minimum atomic E-state index is -2.68. The molecule has 0 aliphatic heterocycles. The van der Waals surface area contributed by atoms with Crippen LogP contribution in [0.2, 0.25) is 0 Å². The first-order valence-electron chi connectivity index (χ1n) is 12.4. The van der Waals surface area contributed by atoms with E-state index in [0.29, 0.717) is 39.1 Å². The van der Waals surface area contributed by atoms with E-state index >= 15 is 0 Å². The molecule has 10 heteroatoms. The lowest BCUT2D eigenvalue weighted by molar-refractivity contribution is -0.148. The summed E-state index contributed by atoms with van der Waals surface area (Å²) in [4.78, 5) is 35.9. The van der Waals surface area contributed by atoms with Crippen molar-refractivity contribution >= 4 is 33.1 Å². The second-order valence-electron chi connectivity index (χ2n) is 8.80. The lowest BCUT2D eigenvalue weighted by Gasteiger charge is -2.27. The van der Waals surface area contributed by atoms with E-state index in [1.807, 2.05) is 20.8 Å². The predicted molar refractivity (Wildman–Crippen MR) is 129 cm³/mol. The molecule has 0 saturated heterocycles. The van der Waals surface area contributed by atoms with Crippen molar-refractivity contribution in [2.45, 2.75) is 99.9 Å². The minimum absolute atomic E-state index is 0.272. The highest BCUT2D eigenvalue weighted by Gasteiger charge is 2.38. The summed E-state index contributed by atoms with van der Waals surface area (Å²) in [5.74, 6) is -1.80. The van der Waals surface area contributed by atoms with Gasteiger partial charge in [0.1, 0.15) is 0 Å². The Labute approximate surface area is 210 Å². The van der Waals surface area contributed by atoms with Crippen molar-refractivity contribution in [2.75, 3.05) is 19.8 Å². The van der Waals surface area contributed by atoms with Crippen LogP contribution < -0.4 is 0 Å². The summed E-state index contributed by atoms with van der Waals surface area (Å²) >= 11 is -2.68. The third-order valence-electron chi connectivity index (χ3n) is 5.15. The van der Waals surface area contributed by atoms with Crippen LogP contribution in [0.1, 0.15) is 81.6 Å². The van der Waals surface area contributed by atoms with Crippen molar-refractivity contribution in [1.29, 1.82) is 0 Å². The van der Waals surface area contributed by atoms with Gasteiger partial charge in [0, 0.05) is 18.3 Å². The number of ether oxygens (including phenoxy) is 3. The molecule has 0 spiro atoms. The number of rotatable bonds is 18. The molecular formula is C24H45AlO9. The van der Waals surface area contributed by atoms with Crippen molar-refractivity contribution in [3.8, 4) is 0 Å². The van der Waals surface area contributed by atoms with Gasteiger partial charge in [-0.05, 0) is 60.8 Å². The summed E-state index contributed by atoms with van der Waals surface area (Å²) in [5, 5.41) is 0. The highest BCUT2D eigenvalue weighted by Crippen LogP contribution is 2.19. The van der Waals surface area contributed by atoms with Crippen LogP contribution in [0.15, 0.2) is 0 Å². The van der Waals surface area contributed by atoms with Gasteiger partial charge in [0.05, 0.1) is 37.6 Å². The van der Waals surface area contributed by atoms with Crippen molar-refractivity contribution in [2.24, 2.45) is 17.8 Å². The first-order chi connectivity index (χ1) is 15.9. The van der Waals surface area contributed by atoms with E-state index in [1.165, 1.54) is 0 Å². The molecule has 0 saturated carbocycles. The van der Waals surface area contributed by atoms with Crippen LogP contribution in [0, 0.1) is 17.8 Å². The first-order valence-corrected chi connectivity index (χ1v) is 13.8. The molecule has 0 aliphatic rings. The van der Waals surface area contributed by atoms with E-state index in [9.17, 15) is 14.4 Å². The van der Waals surface area contributed by atoms with Crippen LogP contribution in [0.25, 0.3) is 0 Å². The van der Waals surface area contributed by atoms with Crippen molar-refractivity contribution < 1.29 is 40.0 Å². The third kappa shape index (κ3) is 14.3. The average Bonchev–Trinajstić information content (AvgIpc) is 2.73. The Hall–Kier alpha value is -1.18. The van der Waals surface area contributed by atoms with Gasteiger partial charge in [-0.1, -0.05) is 20.8 Å². The largest absolute Gasteiger partial charge is 0.906 e. The molecule has 34 heavy (non-hydrogen) atoms. The summed E-state index contributed by atoms with van der Waals surface area (Å²) in [6.45, 7) is 17.3. The van der Waals surface area contributed by atoms with Gasteiger partial charge in [-0.3, -0.25) is 14.4 Å². The van der Waals surface area contributed by atoms with E-state index in [-0.39, 0.29) is 54.0 Å². The van der Waals surface area contributed by atoms with Crippen LogP contribution in [-0.2, 0) is 40.0 Å². The van der Waals surface area contributed by atoms with Gasteiger partial charge in [0.25, 0.3) is 0 Å². The maximum absolute atomic E-state index is 12.0. The van der Waals surface area contributed by atoms with E-state index in [0.717, 1.165) is 0 Å². The molecule has 6 unspecified atom stereocenters. The third-order valence-corrected chi connectivity index (χ3v) is 7.21. The molecule has 0 amide bonds. The molecular weight excluding hydrogens is 459 g/mol. The summed E-state index contributed by atoms with van der Waals surface area (Å²) in [6.07, 6.45) is 0.448. The van der Waals surface area contributed by atoms with Gasteiger partial charge in [0.2, 0.25) is 0 Å². The smallest absolute Gasteiger partial charge is 0.466 e. The molecule has 0 fully saturated rings. The molecule has 0 aromatic rings. The molecule has 0 rings (SSSR count). The van der Waals surface area contributed by atoms with Crippen molar-refractivity contribution in [3.63, 3.8) is 0 Å². The average molecular weight is 505 g/mol. The minimum Gasteiger partial charge on any atom is -0.466 e. The number of carbonyl (C=O) groups is 3. The van der Waals surface area contributed by atoms with Gasteiger partial charge >= 0.3 is 33.1 Å². The number of hydrogen-bond acceptors (Lipinski definition) is 9. The molecule has 9 nitrogen and oxygen atoms in total. The maximum atomic E-state index is 12.0. The van der Waals surface area contributed by atoms with Gasteiger partial charge in [-0.15, -0.1) is 0 Å². The zero-order valence-electron chi connectivity index (χ0n) is 22.5. The van der Waals surface area contributed by atoms with Crippen LogP contribution in [0.4, 0.5) is 0 Å².